The lowest BCUT2D eigenvalue weighted by Crippen LogP contribution is -2.35. The van der Waals surface area contributed by atoms with Gasteiger partial charge in [0, 0.05) is 22.1 Å². The fraction of sp³-hybridized carbons (Fsp3) is 0.0952. The van der Waals surface area contributed by atoms with E-state index in [1.165, 1.54) is 0 Å². The molecule has 3 aromatic rings. The molecule has 0 saturated carbocycles. The smallest absolute Gasteiger partial charge is 0.0995 e. The summed E-state index contributed by atoms with van der Waals surface area (Å²) in [6, 6.07) is 19.7. The number of thiocarbonyl (C=S) groups is 1. The van der Waals surface area contributed by atoms with Gasteiger partial charge in [-0.25, -0.2) is 0 Å². The Morgan fingerprint density at radius 3 is 1.85 bits per heavy atom. The number of hydrogen-bond donors (Lipinski definition) is 3. The Bertz CT molecular complexity index is 965. The van der Waals surface area contributed by atoms with Crippen molar-refractivity contribution in [3.8, 4) is 0 Å². The highest BCUT2D eigenvalue weighted by molar-refractivity contribution is 7.80. The largest absolute Gasteiger partial charge is 0.399 e. The van der Waals surface area contributed by atoms with Gasteiger partial charge >= 0.3 is 0 Å². The van der Waals surface area contributed by atoms with Crippen molar-refractivity contribution in [1.82, 2.24) is 0 Å². The first-order valence-electron chi connectivity index (χ1n) is 8.27. The van der Waals surface area contributed by atoms with Gasteiger partial charge in [-0.05, 0) is 59.5 Å². The third-order valence-corrected chi connectivity index (χ3v) is 5.89. The molecule has 0 radical (unpaired) electrons. The molecule has 0 amide bonds. The number of nitrogens with one attached hydrogen (secondary N) is 1. The number of benzene rings is 3. The zero-order valence-electron chi connectivity index (χ0n) is 14.2. The maximum Gasteiger partial charge on any atom is 0.0995 e. The van der Waals surface area contributed by atoms with Crippen molar-refractivity contribution in [2.75, 3.05) is 16.8 Å². The van der Waals surface area contributed by atoms with Crippen molar-refractivity contribution in [2.24, 2.45) is 0 Å². The van der Waals surface area contributed by atoms with E-state index in [1.807, 2.05) is 67.6 Å². The molecule has 3 nitrogen and oxygen atoms in total. The number of fused-ring (bicyclic) bond motifs is 1. The second-order valence-corrected chi connectivity index (χ2v) is 7.36. The topological polar surface area (TPSA) is 64.1 Å². The summed E-state index contributed by atoms with van der Waals surface area (Å²) in [5.41, 5.74) is 17.8. The minimum absolute atomic E-state index is 0.610. The molecular weight excluding hydrogens is 362 g/mol. The first-order valence-corrected chi connectivity index (χ1v) is 9.06. The van der Waals surface area contributed by atoms with Gasteiger partial charge in [0.15, 0.2) is 0 Å². The van der Waals surface area contributed by atoms with E-state index < -0.39 is 5.41 Å². The molecule has 1 heterocycles. The number of nitrogens with two attached hydrogens (primary N) is 2. The summed E-state index contributed by atoms with van der Waals surface area (Å²) >= 11 is 12.2. The third-order valence-electron chi connectivity index (χ3n) is 5.07. The van der Waals surface area contributed by atoms with E-state index in [4.69, 9.17) is 35.3 Å². The SMILES string of the molecule is Cc1c(Cl)ccc2c1NC(=S)C2(c1ccc(N)cc1)c1ccc(N)cc1. The van der Waals surface area contributed by atoms with Crippen LogP contribution in [0.3, 0.4) is 0 Å². The fourth-order valence-electron chi connectivity index (χ4n) is 3.70. The number of halogens is 1. The number of rotatable bonds is 2. The van der Waals surface area contributed by atoms with Crippen molar-refractivity contribution >= 4 is 45.9 Å². The minimum Gasteiger partial charge on any atom is -0.399 e. The Kier molecular flexibility index (Phi) is 3.90. The predicted molar refractivity (Wildman–Crippen MR) is 114 cm³/mol. The van der Waals surface area contributed by atoms with E-state index in [1.54, 1.807) is 0 Å². The van der Waals surface area contributed by atoms with Crippen molar-refractivity contribution < 1.29 is 0 Å². The van der Waals surface area contributed by atoms with Crippen LogP contribution in [-0.4, -0.2) is 4.99 Å². The first kappa shape index (κ1) is 16.9. The van der Waals surface area contributed by atoms with Gasteiger partial charge in [-0.15, -0.1) is 0 Å². The molecule has 0 spiro atoms. The lowest BCUT2D eigenvalue weighted by molar-refractivity contribution is 0.862. The summed E-state index contributed by atoms with van der Waals surface area (Å²) in [4.78, 5) is 0.715. The maximum absolute atomic E-state index is 6.35. The van der Waals surface area contributed by atoms with E-state index in [-0.39, 0.29) is 0 Å². The molecule has 4 rings (SSSR count). The van der Waals surface area contributed by atoms with E-state index in [0.29, 0.717) is 21.4 Å². The first-order chi connectivity index (χ1) is 12.4. The van der Waals surface area contributed by atoms with E-state index in [9.17, 15) is 0 Å². The van der Waals surface area contributed by atoms with E-state index in [2.05, 4.69) is 5.32 Å². The molecule has 0 saturated heterocycles. The average Bonchev–Trinajstić information content (AvgIpc) is 2.93. The molecule has 0 atom stereocenters. The summed E-state index contributed by atoms with van der Waals surface area (Å²) in [7, 11) is 0. The van der Waals surface area contributed by atoms with Crippen LogP contribution in [0.15, 0.2) is 60.7 Å². The molecule has 1 aliphatic heterocycles. The van der Waals surface area contributed by atoms with Crippen molar-refractivity contribution in [3.05, 3.63) is 87.9 Å². The molecule has 0 aliphatic carbocycles. The van der Waals surface area contributed by atoms with Gasteiger partial charge in [0.2, 0.25) is 0 Å². The van der Waals surface area contributed by atoms with Crippen LogP contribution in [0.5, 0.6) is 0 Å². The maximum atomic E-state index is 6.35. The highest BCUT2D eigenvalue weighted by Crippen LogP contribution is 2.50. The second kappa shape index (κ2) is 6.01. The molecule has 5 N–H and O–H groups in total. The van der Waals surface area contributed by atoms with Gasteiger partial charge in [0.1, 0.15) is 0 Å². The summed E-state index contributed by atoms with van der Waals surface area (Å²) in [5.74, 6) is 0. The zero-order valence-corrected chi connectivity index (χ0v) is 15.8. The van der Waals surface area contributed by atoms with Crippen LogP contribution in [0, 0.1) is 6.92 Å². The fourth-order valence-corrected chi connectivity index (χ4v) is 4.30. The van der Waals surface area contributed by atoms with Crippen LogP contribution in [0.2, 0.25) is 5.02 Å². The molecule has 0 bridgehead atoms. The molecule has 1 aliphatic rings. The lowest BCUT2D eigenvalue weighted by Gasteiger charge is -2.31. The van der Waals surface area contributed by atoms with Crippen LogP contribution in [0.25, 0.3) is 0 Å². The molecule has 5 heteroatoms. The van der Waals surface area contributed by atoms with Gasteiger partial charge in [0.05, 0.1) is 10.4 Å². The van der Waals surface area contributed by atoms with Gasteiger partial charge in [-0.3, -0.25) is 0 Å². The van der Waals surface area contributed by atoms with Crippen molar-refractivity contribution in [1.29, 1.82) is 0 Å². The quantitative estimate of drug-likeness (QED) is 0.437. The minimum atomic E-state index is -0.610. The molecule has 0 aromatic heterocycles. The van der Waals surface area contributed by atoms with E-state index >= 15 is 0 Å². The summed E-state index contributed by atoms with van der Waals surface area (Å²) in [6.07, 6.45) is 0. The Morgan fingerprint density at radius 1 is 0.846 bits per heavy atom. The van der Waals surface area contributed by atoms with Gasteiger partial charge < -0.3 is 16.8 Å². The number of anilines is 3. The highest BCUT2D eigenvalue weighted by atomic mass is 35.5. The Morgan fingerprint density at radius 2 is 1.35 bits per heavy atom. The molecule has 0 fully saturated rings. The van der Waals surface area contributed by atoms with Crippen molar-refractivity contribution in [2.45, 2.75) is 12.3 Å². The van der Waals surface area contributed by atoms with Crippen molar-refractivity contribution in [3.63, 3.8) is 0 Å². The molecular formula is C21H18ClN3S. The van der Waals surface area contributed by atoms with Gasteiger partial charge in [-0.1, -0.05) is 54.2 Å². The zero-order chi connectivity index (χ0) is 18.5. The predicted octanol–water partition coefficient (Wildman–Crippen LogP) is 4.90. The standard InChI is InChI=1S/C21H18ClN3S/c1-12-18(22)11-10-17-19(12)25-20(26)21(17,13-2-6-15(23)7-3-13)14-4-8-16(24)9-5-14/h2-11H,23-24H2,1H3,(H,25,26). The lowest BCUT2D eigenvalue weighted by atomic mass is 9.70. The molecule has 130 valence electrons. The van der Waals surface area contributed by atoms with Crippen LogP contribution in [-0.2, 0) is 5.41 Å². The van der Waals surface area contributed by atoms with E-state index in [0.717, 1.165) is 27.9 Å². The number of nitrogen functional groups attached to an aromatic ring is 2. The number of hydrogen-bond acceptors (Lipinski definition) is 3. The summed E-state index contributed by atoms with van der Waals surface area (Å²) < 4.78 is 0. The van der Waals surface area contributed by atoms with Crippen LogP contribution in [0.4, 0.5) is 17.1 Å². The Labute approximate surface area is 163 Å². The summed E-state index contributed by atoms with van der Waals surface area (Å²) in [6.45, 7) is 2.00. The second-order valence-electron chi connectivity index (χ2n) is 6.54. The van der Waals surface area contributed by atoms with Gasteiger partial charge in [-0.2, -0.15) is 0 Å². The van der Waals surface area contributed by atoms with Crippen LogP contribution in [0.1, 0.15) is 22.3 Å². The normalized spacial score (nSPS) is 14.8. The Balaban J connectivity index is 2.08. The van der Waals surface area contributed by atoms with Gasteiger partial charge in [0.25, 0.3) is 0 Å². The highest BCUT2D eigenvalue weighted by Gasteiger charge is 2.47. The molecule has 26 heavy (non-hydrogen) atoms. The Hall–Kier alpha value is -2.56. The summed E-state index contributed by atoms with van der Waals surface area (Å²) in [5, 5.41) is 4.12. The molecule has 0 unspecified atom stereocenters. The third kappa shape index (κ3) is 2.30. The van der Waals surface area contributed by atoms with Crippen LogP contribution < -0.4 is 16.8 Å². The van der Waals surface area contributed by atoms with Crippen LogP contribution >= 0.6 is 23.8 Å². The average molecular weight is 380 g/mol. The molecule has 3 aromatic carbocycles. The monoisotopic (exact) mass is 379 g/mol.